The van der Waals surface area contributed by atoms with Crippen LogP contribution in [0.2, 0.25) is 0 Å². The van der Waals surface area contributed by atoms with Gasteiger partial charge in [0.15, 0.2) is 0 Å². The SMILES string of the molecule is BrC[C@@H]1C[C@H](C2CC2)CO1. The van der Waals surface area contributed by atoms with Crippen molar-refractivity contribution in [1.29, 1.82) is 0 Å². The average molecular weight is 205 g/mol. The van der Waals surface area contributed by atoms with Crippen molar-refractivity contribution >= 4 is 15.9 Å². The topological polar surface area (TPSA) is 9.23 Å². The van der Waals surface area contributed by atoms with Gasteiger partial charge in [0.1, 0.15) is 0 Å². The average Bonchev–Trinajstić information content (AvgIpc) is 2.70. The summed E-state index contributed by atoms with van der Waals surface area (Å²) in [6.45, 7) is 1.03. The van der Waals surface area contributed by atoms with Crippen LogP contribution >= 0.6 is 15.9 Å². The van der Waals surface area contributed by atoms with Crippen molar-refractivity contribution in [3.63, 3.8) is 0 Å². The number of hydrogen-bond acceptors (Lipinski definition) is 1. The molecule has 1 heterocycles. The van der Waals surface area contributed by atoms with Crippen molar-refractivity contribution in [1.82, 2.24) is 0 Å². The predicted octanol–water partition coefficient (Wildman–Crippen LogP) is 2.20. The molecule has 1 aliphatic carbocycles. The molecule has 0 radical (unpaired) electrons. The monoisotopic (exact) mass is 204 g/mol. The third-order valence-electron chi connectivity index (χ3n) is 2.57. The van der Waals surface area contributed by atoms with Gasteiger partial charge in [-0.3, -0.25) is 0 Å². The van der Waals surface area contributed by atoms with Gasteiger partial charge in [-0.1, -0.05) is 15.9 Å². The molecule has 1 saturated carbocycles. The van der Waals surface area contributed by atoms with E-state index >= 15 is 0 Å². The van der Waals surface area contributed by atoms with Crippen molar-refractivity contribution < 1.29 is 4.74 Å². The van der Waals surface area contributed by atoms with E-state index in [4.69, 9.17) is 4.74 Å². The van der Waals surface area contributed by atoms with Crippen LogP contribution in [0.1, 0.15) is 19.3 Å². The van der Waals surface area contributed by atoms with E-state index in [0.717, 1.165) is 23.8 Å². The van der Waals surface area contributed by atoms with Crippen molar-refractivity contribution in [3.8, 4) is 0 Å². The zero-order valence-corrected chi connectivity index (χ0v) is 7.64. The molecule has 0 aromatic carbocycles. The Hall–Kier alpha value is 0.440. The van der Waals surface area contributed by atoms with Gasteiger partial charge in [0, 0.05) is 5.33 Å². The van der Waals surface area contributed by atoms with E-state index in [1.165, 1.54) is 19.3 Å². The predicted molar refractivity (Wildman–Crippen MR) is 44.4 cm³/mol. The number of halogens is 1. The summed E-state index contributed by atoms with van der Waals surface area (Å²) in [7, 11) is 0. The molecule has 0 bridgehead atoms. The molecule has 10 heavy (non-hydrogen) atoms. The molecule has 2 heteroatoms. The molecule has 2 atom stereocenters. The van der Waals surface area contributed by atoms with Crippen molar-refractivity contribution in [2.75, 3.05) is 11.9 Å². The quantitative estimate of drug-likeness (QED) is 0.628. The Bertz CT molecular complexity index is 122. The fraction of sp³-hybridized carbons (Fsp3) is 1.00. The molecule has 58 valence electrons. The van der Waals surface area contributed by atoms with Gasteiger partial charge in [0.05, 0.1) is 12.7 Å². The Morgan fingerprint density at radius 3 is 2.60 bits per heavy atom. The van der Waals surface area contributed by atoms with E-state index in [1.54, 1.807) is 0 Å². The molecule has 0 aromatic heterocycles. The maximum atomic E-state index is 5.57. The normalized spacial score (nSPS) is 40.5. The second kappa shape index (κ2) is 2.82. The highest BCUT2D eigenvalue weighted by Crippen LogP contribution is 2.42. The van der Waals surface area contributed by atoms with Crippen molar-refractivity contribution in [2.45, 2.75) is 25.4 Å². The van der Waals surface area contributed by atoms with Crippen LogP contribution in [-0.2, 0) is 4.74 Å². The third kappa shape index (κ3) is 1.37. The van der Waals surface area contributed by atoms with Gasteiger partial charge in [-0.05, 0) is 31.1 Å². The van der Waals surface area contributed by atoms with Gasteiger partial charge in [0.2, 0.25) is 0 Å². The lowest BCUT2D eigenvalue weighted by molar-refractivity contribution is 0.122. The van der Waals surface area contributed by atoms with Crippen LogP contribution in [0.4, 0.5) is 0 Å². The van der Waals surface area contributed by atoms with Gasteiger partial charge in [0.25, 0.3) is 0 Å². The highest BCUT2D eigenvalue weighted by molar-refractivity contribution is 9.09. The Labute approximate surface area is 70.3 Å². The summed E-state index contributed by atoms with van der Waals surface area (Å²) in [5.74, 6) is 1.94. The number of alkyl halides is 1. The highest BCUT2D eigenvalue weighted by Gasteiger charge is 2.36. The van der Waals surface area contributed by atoms with Crippen LogP contribution in [0.3, 0.4) is 0 Å². The van der Waals surface area contributed by atoms with E-state index in [0.29, 0.717) is 6.10 Å². The molecule has 1 nitrogen and oxygen atoms in total. The summed E-state index contributed by atoms with van der Waals surface area (Å²) in [4.78, 5) is 0. The first-order valence-electron chi connectivity index (χ1n) is 4.07. The lowest BCUT2D eigenvalue weighted by Crippen LogP contribution is -2.05. The molecule has 2 rings (SSSR count). The summed E-state index contributed by atoms with van der Waals surface area (Å²) < 4.78 is 5.57. The Morgan fingerprint density at radius 1 is 1.30 bits per heavy atom. The first-order valence-corrected chi connectivity index (χ1v) is 5.20. The zero-order valence-electron chi connectivity index (χ0n) is 6.05. The lowest BCUT2D eigenvalue weighted by Gasteiger charge is -2.03. The Morgan fingerprint density at radius 2 is 2.10 bits per heavy atom. The molecule has 2 aliphatic rings. The molecule has 0 aromatic rings. The van der Waals surface area contributed by atoms with Gasteiger partial charge < -0.3 is 4.74 Å². The lowest BCUT2D eigenvalue weighted by atomic mass is 10.0. The van der Waals surface area contributed by atoms with Crippen molar-refractivity contribution in [2.24, 2.45) is 11.8 Å². The molecule has 0 spiro atoms. The molecule has 0 N–H and O–H groups in total. The fourth-order valence-corrected chi connectivity index (χ4v) is 2.19. The minimum Gasteiger partial charge on any atom is -0.377 e. The molecule has 2 fully saturated rings. The minimum atomic E-state index is 0.519. The van der Waals surface area contributed by atoms with Crippen LogP contribution < -0.4 is 0 Å². The van der Waals surface area contributed by atoms with E-state index in [9.17, 15) is 0 Å². The molecule has 1 aliphatic heterocycles. The summed E-state index contributed by atoms with van der Waals surface area (Å²) in [6.07, 6.45) is 4.74. The summed E-state index contributed by atoms with van der Waals surface area (Å²) in [5, 5.41) is 1.02. The van der Waals surface area contributed by atoms with E-state index in [1.807, 2.05) is 0 Å². The number of rotatable bonds is 2. The Kier molecular flexibility index (Phi) is 2.01. The smallest absolute Gasteiger partial charge is 0.0675 e. The van der Waals surface area contributed by atoms with Crippen LogP contribution in [-0.4, -0.2) is 18.0 Å². The van der Waals surface area contributed by atoms with Gasteiger partial charge in [-0.15, -0.1) is 0 Å². The van der Waals surface area contributed by atoms with Gasteiger partial charge in [-0.25, -0.2) is 0 Å². The standard InChI is InChI=1S/C8H13BrO/c9-4-8-3-7(5-10-8)6-1-2-6/h6-8H,1-5H2/t7-,8-/m0/s1. The zero-order chi connectivity index (χ0) is 6.97. The van der Waals surface area contributed by atoms with E-state index in [-0.39, 0.29) is 0 Å². The summed E-state index contributed by atoms with van der Waals surface area (Å²) >= 11 is 3.45. The molecule has 1 saturated heterocycles. The summed E-state index contributed by atoms with van der Waals surface area (Å²) in [6, 6.07) is 0. The fourth-order valence-electron chi connectivity index (χ4n) is 1.74. The van der Waals surface area contributed by atoms with Gasteiger partial charge >= 0.3 is 0 Å². The van der Waals surface area contributed by atoms with E-state index in [2.05, 4.69) is 15.9 Å². The number of ether oxygens (including phenoxy) is 1. The molecule has 0 unspecified atom stereocenters. The largest absolute Gasteiger partial charge is 0.377 e. The highest BCUT2D eigenvalue weighted by atomic mass is 79.9. The molecule has 0 amide bonds. The maximum Gasteiger partial charge on any atom is 0.0675 e. The summed E-state index contributed by atoms with van der Waals surface area (Å²) in [5.41, 5.74) is 0. The van der Waals surface area contributed by atoms with Crippen LogP contribution in [0.15, 0.2) is 0 Å². The van der Waals surface area contributed by atoms with E-state index < -0.39 is 0 Å². The minimum absolute atomic E-state index is 0.519. The van der Waals surface area contributed by atoms with Gasteiger partial charge in [-0.2, -0.15) is 0 Å². The number of hydrogen-bond donors (Lipinski definition) is 0. The van der Waals surface area contributed by atoms with Crippen LogP contribution in [0, 0.1) is 11.8 Å². The van der Waals surface area contributed by atoms with Crippen LogP contribution in [0.25, 0.3) is 0 Å². The maximum absolute atomic E-state index is 5.57. The first-order chi connectivity index (χ1) is 4.90. The molecular weight excluding hydrogens is 192 g/mol. The Balaban J connectivity index is 1.81. The first kappa shape index (κ1) is 7.11. The van der Waals surface area contributed by atoms with Crippen molar-refractivity contribution in [3.05, 3.63) is 0 Å². The molecular formula is C8H13BrO. The third-order valence-corrected chi connectivity index (χ3v) is 3.29. The second-order valence-electron chi connectivity index (χ2n) is 3.44. The second-order valence-corrected chi connectivity index (χ2v) is 4.09. The van der Waals surface area contributed by atoms with Crippen LogP contribution in [0.5, 0.6) is 0 Å².